The number of nitrogens with one attached hydrogen (secondary N) is 1. The molecule has 1 saturated heterocycles. The minimum Gasteiger partial charge on any atom is -0.494 e. The summed E-state index contributed by atoms with van der Waals surface area (Å²) in [7, 11) is 5.44. The topological polar surface area (TPSA) is 125 Å². The first-order chi connectivity index (χ1) is 20.4. The molecule has 0 unspecified atom stereocenters. The van der Waals surface area contributed by atoms with E-state index in [9.17, 15) is 9.59 Å². The van der Waals surface area contributed by atoms with Crippen LogP contribution in [-0.4, -0.2) is 106 Å². The van der Waals surface area contributed by atoms with Crippen molar-refractivity contribution >= 4 is 35.0 Å². The van der Waals surface area contributed by atoms with Crippen LogP contribution in [0.5, 0.6) is 5.75 Å². The lowest BCUT2D eigenvalue weighted by atomic mass is 10.0. The zero-order valence-corrected chi connectivity index (χ0v) is 24.7. The number of ether oxygens (including phenoxy) is 1. The molecule has 42 heavy (non-hydrogen) atoms. The summed E-state index contributed by atoms with van der Waals surface area (Å²) in [4.78, 5) is 43.5. The number of carbonyl (C=O) groups is 2. The molecule has 0 spiro atoms. The van der Waals surface area contributed by atoms with Gasteiger partial charge in [0.1, 0.15) is 17.5 Å². The van der Waals surface area contributed by atoms with E-state index < -0.39 is 0 Å². The zero-order chi connectivity index (χ0) is 29.4. The Morgan fingerprint density at radius 2 is 1.88 bits per heavy atom. The average molecular weight is 575 g/mol. The highest BCUT2D eigenvalue weighted by molar-refractivity contribution is 6.04. The molecule has 2 aliphatic heterocycles. The predicted molar refractivity (Wildman–Crippen MR) is 159 cm³/mol. The van der Waals surface area contributed by atoms with Gasteiger partial charge in [-0.3, -0.25) is 9.59 Å². The Morgan fingerprint density at radius 3 is 2.60 bits per heavy atom. The van der Waals surface area contributed by atoms with Gasteiger partial charge in [-0.25, -0.2) is 9.67 Å². The molecule has 2 amide bonds. The van der Waals surface area contributed by atoms with Gasteiger partial charge in [0, 0.05) is 45.3 Å². The standard InChI is InChI=1S/C29H38N10O3/c1-5-23-28(41)36(3)24-17-30-29(32-26(24)39(23)19-8-6-7-9-19)31-21-11-10-20(16-25(21)42-4)38-18-22(33-34-38)27(40)37-14-12-35(2)13-15-37/h10-11,16-19,23H,5-9,12-15H2,1-4H3,(H,30,31,32)/t23-/m1/s1. The summed E-state index contributed by atoms with van der Waals surface area (Å²) in [6, 6.07) is 5.60. The first-order valence-electron chi connectivity index (χ1n) is 14.7. The Bertz CT molecular complexity index is 1460. The Morgan fingerprint density at radius 1 is 1.12 bits per heavy atom. The van der Waals surface area contributed by atoms with Crippen molar-refractivity contribution < 1.29 is 14.3 Å². The van der Waals surface area contributed by atoms with Gasteiger partial charge >= 0.3 is 0 Å². The highest BCUT2D eigenvalue weighted by Crippen LogP contribution is 2.40. The van der Waals surface area contributed by atoms with Crippen LogP contribution in [0.3, 0.4) is 0 Å². The zero-order valence-electron chi connectivity index (χ0n) is 24.7. The van der Waals surface area contributed by atoms with E-state index >= 15 is 0 Å². The van der Waals surface area contributed by atoms with Crippen LogP contribution in [0.15, 0.2) is 30.6 Å². The van der Waals surface area contributed by atoms with Gasteiger partial charge in [0.05, 0.1) is 30.9 Å². The van der Waals surface area contributed by atoms with Gasteiger partial charge in [0.15, 0.2) is 11.5 Å². The van der Waals surface area contributed by atoms with E-state index in [4.69, 9.17) is 9.72 Å². The van der Waals surface area contributed by atoms with E-state index in [2.05, 4.69) is 44.4 Å². The van der Waals surface area contributed by atoms with Crippen LogP contribution in [0.4, 0.5) is 23.1 Å². The van der Waals surface area contributed by atoms with Crippen molar-refractivity contribution in [3.63, 3.8) is 0 Å². The SMILES string of the molecule is CC[C@@H]1C(=O)N(C)c2cnc(Nc3ccc(-n4cc(C(=O)N5CCN(C)CC5)nn4)cc3OC)nc2N1C1CCCC1. The lowest BCUT2D eigenvalue weighted by Gasteiger charge is -2.43. The third-order valence-corrected chi connectivity index (χ3v) is 8.61. The Hall–Kier alpha value is -4.26. The smallest absolute Gasteiger partial charge is 0.276 e. The number of aromatic nitrogens is 5. The van der Waals surface area contributed by atoms with Gasteiger partial charge in [-0.05, 0) is 38.4 Å². The summed E-state index contributed by atoms with van der Waals surface area (Å²) >= 11 is 0. The molecule has 13 nitrogen and oxygen atoms in total. The van der Waals surface area contributed by atoms with Gasteiger partial charge < -0.3 is 29.7 Å². The maximum Gasteiger partial charge on any atom is 0.276 e. The van der Waals surface area contributed by atoms with Gasteiger partial charge in [-0.15, -0.1) is 5.10 Å². The summed E-state index contributed by atoms with van der Waals surface area (Å²) in [6.07, 6.45) is 8.51. The number of fused-ring (bicyclic) bond motifs is 1. The lowest BCUT2D eigenvalue weighted by Crippen LogP contribution is -2.55. The fraction of sp³-hybridized carbons (Fsp3) is 0.517. The number of benzene rings is 1. The van der Waals surface area contributed by atoms with Crippen molar-refractivity contribution in [3.8, 4) is 11.4 Å². The number of amides is 2. The van der Waals surface area contributed by atoms with Crippen molar-refractivity contribution in [2.45, 2.75) is 51.1 Å². The van der Waals surface area contributed by atoms with Crippen LogP contribution in [0, 0.1) is 0 Å². The third-order valence-electron chi connectivity index (χ3n) is 8.61. The number of piperazine rings is 1. The van der Waals surface area contributed by atoms with Crippen LogP contribution >= 0.6 is 0 Å². The number of nitrogens with zero attached hydrogens (tertiary/aromatic N) is 9. The fourth-order valence-electron chi connectivity index (χ4n) is 6.15. The molecule has 3 aromatic rings. The number of methoxy groups -OCH3 is 1. The number of carbonyl (C=O) groups excluding carboxylic acids is 2. The number of anilines is 4. The molecule has 2 fully saturated rings. The number of hydrogen-bond acceptors (Lipinski definition) is 10. The van der Waals surface area contributed by atoms with Crippen LogP contribution in [0.1, 0.15) is 49.5 Å². The normalized spacial score (nSPS) is 19.8. The first kappa shape index (κ1) is 27.9. The summed E-state index contributed by atoms with van der Waals surface area (Å²) in [6.45, 7) is 5.07. The maximum atomic E-state index is 13.2. The molecule has 2 aromatic heterocycles. The van der Waals surface area contributed by atoms with Gasteiger partial charge in [0.2, 0.25) is 11.9 Å². The van der Waals surface area contributed by atoms with E-state index in [1.807, 2.05) is 23.1 Å². The largest absolute Gasteiger partial charge is 0.494 e. The molecule has 1 aliphatic carbocycles. The molecule has 1 N–H and O–H groups in total. The molecule has 222 valence electrons. The van der Waals surface area contributed by atoms with E-state index in [-0.39, 0.29) is 17.9 Å². The Kier molecular flexibility index (Phi) is 7.67. The van der Waals surface area contributed by atoms with Gasteiger partial charge in [-0.1, -0.05) is 25.0 Å². The van der Waals surface area contributed by atoms with Crippen LogP contribution in [-0.2, 0) is 4.79 Å². The second-order valence-electron chi connectivity index (χ2n) is 11.2. The Labute approximate surface area is 245 Å². The van der Waals surface area contributed by atoms with Gasteiger partial charge in [0.25, 0.3) is 5.91 Å². The van der Waals surface area contributed by atoms with Gasteiger partial charge in [-0.2, -0.15) is 4.98 Å². The second-order valence-corrected chi connectivity index (χ2v) is 11.2. The number of likely N-dealkylation sites (N-methyl/N-ethyl adjacent to an activating group) is 2. The molecule has 1 aromatic carbocycles. The van der Waals surface area contributed by atoms with E-state index in [1.165, 1.54) is 0 Å². The van der Waals surface area contributed by atoms with Crippen LogP contribution in [0.2, 0.25) is 0 Å². The van der Waals surface area contributed by atoms with E-state index in [0.29, 0.717) is 54.3 Å². The maximum absolute atomic E-state index is 13.2. The average Bonchev–Trinajstić information content (AvgIpc) is 3.72. The molecule has 3 aliphatic rings. The van der Waals surface area contributed by atoms with Crippen molar-refractivity contribution in [2.24, 2.45) is 0 Å². The lowest BCUT2D eigenvalue weighted by molar-refractivity contribution is -0.120. The predicted octanol–water partition coefficient (Wildman–Crippen LogP) is 2.70. The van der Waals surface area contributed by atoms with E-state index in [0.717, 1.165) is 50.3 Å². The Balaban J connectivity index is 1.24. The molecule has 13 heteroatoms. The molecular weight excluding hydrogens is 536 g/mol. The van der Waals surface area contributed by atoms with Crippen molar-refractivity contribution in [1.29, 1.82) is 0 Å². The van der Waals surface area contributed by atoms with Crippen molar-refractivity contribution in [2.75, 3.05) is 62.5 Å². The monoisotopic (exact) mass is 574 g/mol. The summed E-state index contributed by atoms with van der Waals surface area (Å²) < 4.78 is 7.27. The molecule has 4 heterocycles. The highest BCUT2D eigenvalue weighted by Gasteiger charge is 2.41. The minimum absolute atomic E-state index is 0.0833. The second kappa shape index (κ2) is 11.6. The molecule has 1 saturated carbocycles. The minimum atomic E-state index is -0.238. The highest BCUT2D eigenvalue weighted by atomic mass is 16.5. The van der Waals surface area contributed by atoms with Crippen LogP contribution < -0.4 is 19.9 Å². The first-order valence-corrected chi connectivity index (χ1v) is 14.7. The molecule has 0 radical (unpaired) electrons. The van der Waals surface area contributed by atoms with Crippen molar-refractivity contribution in [1.82, 2.24) is 34.8 Å². The number of rotatable bonds is 7. The van der Waals surface area contributed by atoms with E-state index in [1.54, 1.807) is 36.1 Å². The molecule has 0 bridgehead atoms. The molecular formula is C29H38N10O3. The number of hydrogen-bond donors (Lipinski definition) is 1. The summed E-state index contributed by atoms with van der Waals surface area (Å²) in [5, 5.41) is 11.6. The summed E-state index contributed by atoms with van der Waals surface area (Å²) in [5.74, 6) is 1.72. The van der Waals surface area contributed by atoms with Crippen molar-refractivity contribution in [3.05, 3.63) is 36.3 Å². The summed E-state index contributed by atoms with van der Waals surface area (Å²) in [5.41, 5.74) is 2.41. The quantitative estimate of drug-likeness (QED) is 0.450. The van der Waals surface area contributed by atoms with Crippen LogP contribution in [0.25, 0.3) is 5.69 Å². The molecule has 6 rings (SSSR count). The fourth-order valence-corrected chi connectivity index (χ4v) is 6.15. The molecule has 1 atom stereocenters. The third kappa shape index (κ3) is 5.13.